The summed E-state index contributed by atoms with van der Waals surface area (Å²) in [6, 6.07) is 8.20. The summed E-state index contributed by atoms with van der Waals surface area (Å²) in [5, 5.41) is 0.941. The van der Waals surface area contributed by atoms with Gasteiger partial charge in [-0.3, -0.25) is 4.79 Å². The van der Waals surface area contributed by atoms with Crippen molar-refractivity contribution in [2.75, 3.05) is 32.7 Å². The molecule has 5 heteroatoms. The Hall–Kier alpha value is -1.72. The zero-order chi connectivity index (χ0) is 16.4. The summed E-state index contributed by atoms with van der Waals surface area (Å²) in [6.45, 7) is 10.8. The van der Waals surface area contributed by atoms with Crippen LogP contribution < -0.4 is 0 Å². The SMILES string of the molecule is CCN1CCN(C(=O)c2sc(-c3ccccc3C)nc2C)CC1. The lowest BCUT2D eigenvalue weighted by molar-refractivity contribution is 0.0647. The summed E-state index contributed by atoms with van der Waals surface area (Å²) < 4.78 is 0. The van der Waals surface area contributed by atoms with Crippen LogP contribution in [0, 0.1) is 13.8 Å². The average Bonchev–Trinajstić information content (AvgIpc) is 2.96. The average molecular weight is 329 g/mol. The van der Waals surface area contributed by atoms with Gasteiger partial charge in [-0.1, -0.05) is 31.2 Å². The summed E-state index contributed by atoms with van der Waals surface area (Å²) in [5.41, 5.74) is 3.16. The first-order valence-corrected chi connectivity index (χ1v) is 8.97. The summed E-state index contributed by atoms with van der Waals surface area (Å²) >= 11 is 1.52. The molecule has 0 atom stereocenters. The zero-order valence-corrected chi connectivity index (χ0v) is 14.8. The van der Waals surface area contributed by atoms with Crippen molar-refractivity contribution < 1.29 is 4.79 Å². The molecule has 0 saturated carbocycles. The van der Waals surface area contributed by atoms with E-state index in [0.717, 1.165) is 53.9 Å². The molecule has 0 aliphatic carbocycles. The minimum Gasteiger partial charge on any atom is -0.335 e. The molecule has 23 heavy (non-hydrogen) atoms. The number of aryl methyl sites for hydroxylation is 2. The standard InChI is InChI=1S/C18H23N3OS/c1-4-20-9-11-21(12-10-20)18(22)16-14(3)19-17(23-16)15-8-6-5-7-13(15)2/h5-8H,4,9-12H2,1-3H3. The Bertz CT molecular complexity index is 702. The number of piperazine rings is 1. The van der Waals surface area contributed by atoms with Crippen LogP contribution in [0.4, 0.5) is 0 Å². The highest BCUT2D eigenvalue weighted by atomic mass is 32.1. The maximum atomic E-state index is 12.8. The molecular weight excluding hydrogens is 306 g/mol. The molecule has 2 heterocycles. The number of hydrogen-bond donors (Lipinski definition) is 0. The second kappa shape index (κ2) is 6.81. The molecule has 4 nitrogen and oxygen atoms in total. The number of aromatic nitrogens is 1. The Morgan fingerprint density at radius 2 is 1.87 bits per heavy atom. The molecule has 0 bridgehead atoms. The fraction of sp³-hybridized carbons (Fsp3) is 0.444. The first kappa shape index (κ1) is 16.1. The topological polar surface area (TPSA) is 36.4 Å². The van der Waals surface area contributed by atoms with Crippen molar-refractivity contribution in [1.29, 1.82) is 0 Å². The van der Waals surface area contributed by atoms with Crippen molar-refractivity contribution in [2.45, 2.75) is 20.8 Å². The van der Waals surface area contributed by atoms with Gasteiger partial charge in [0.25, 0.3) is 5.91 Å². The van der Waals surface area contributed by atoms with Gasteiger partial charge >= 0.3 is 0 Å². The number of carbonyl (C=O) groups excluding carboxylic acids is 1. The Kier molecular flexibility index (Phi) is 4.78. The zero-order valence-electron chi connectivity index (χ0n) is 14.0. The van der Waals surface area contributed by atoms with Crippen LogP contribution in [0.25, 0.3) is 10.6 Å². The monoisotopic (exact) mass is 329 g/mol. The van der Waals surface area contributed by atoms with Crippen LogP contribution in [0.1, 0.15) is 27.9 Å². The molecule has 1 amide bonds. The van der Waals surface area contributed by atoms with E-state index in [1.807, 2.05) is 24.0 Å². The van der Waals surface area contributed by atoms with E-state index in [2.05, 4.69) is 35.9 Å². The third-order valence-corrected chi connectivity index (χ3v) is 5.65. The van der Waals surface area contributed by atoms with Gasteiger partial charge in [-0.15, -0.1) is 11.3 Å². The molecule has 1 aromatic heterocycles. The van der Waals surface area contributed by atoms with Gasteiger partial charge in [-0.05, 0) is 26.0 Å². The molecule has 1 aromatic carbocycles. The molecule has 0 unspecified atom stereocenters. The number of thiazole rings is 1. The Morgan fingerprint density at radius 1 is 1.17 bits per heavy atom. The molecule has 2 aromatic rings. The van der Waals surface area contributed by atoms with Crippen molar-refractivity contribution in [1.82, 2.24) is 14.8 Å². The first-order chi connectivity index (χ1) is 11.1. The molecule has 0 N–H and O–H groups in total. The number of likely N-dealkylation sites (N-methyl/N-ethyl adjacent to an activating group) is 1. The third-order valence-electron chi connectivity index (χ3n) is 4.47. The minimum atomic E-state index is 0.135. The Morgan fingerprint density at radius 3 is 2.52 bits per heavy atom. The number of rotatable bonds is 3. The Balaban J connectivity index is 1.81. The summed E-state index contributed by atoms with van der Waals surface area (Å²) in [5.74, 6) is 0.135. The predicted molar refractivity (Wildman–Crippen MR) is 95.0 cm³/mol. The highest BCUT2D eigenvalue weighted by molar-refractivity contribution is 7.17. The van der Waals surface area contributed by atoms with Gasteiger partial charge in [0, 0.05) is 31.7 Å². The maximum Gasteiger partial charge on any atom is 0.265 e. The van der Waals surface area contributed by atoms with Gasteiger partial charge in [0.15, 0.2) is 0 Å². The summed E-state index contributed by atoms with van der Waals surface area (Å²) in [4.78, 5) is 22.6. The van der Waals surface area contributed by atoms with E-state index < -0.39 is 0 Å². The van der Waals surface area contributed by atoms with E-state index in [-0.39, 0.29) is 5.91 Å². The second-order valence-electron chi connectivity index (χ2n) is 5.97. The van der Waals surface area contributed by atoms with Gasteiger partial charge < -0.3 is 9.80 Å². The van der Waals surface area contributed by atoms with Gasteiger partial charge in [-0.2, -0.15) is 0 Å². The summed E-state index contributed by atoms with van der Waals surface area (Å²) in [6.07, 6.45) is 0. The minimum absolute atomic E-state index is 0.135. The van der Waals surface area contributed by atoms with Crippen LogP contribution in [0.2, 0.25) is 0 Å². The van der Waals surface area contributed by atoms with E-state index in [4.69, 9.17) is 0 Å². The van der Waals surface area contributed by atoms with E-state index in [0.29, 0.717) is 0 Å². The fourth-order valence-electron chi connectivity index (χ4n) is 2.93. The van der Waals surface area contributed by atoms with Crippen LogP contribution in [0.15, 0.2) is 24.3 Å². The lowest BCUT2D eigenvalue weighted by Gasteiger charge is -2.33. The number of carbonyl (C=O) groups is 1. The molecule has 3 rings (SSSR count). The van der Waals surface area contributed by atoms with Crippen molar-refractivity contribution in [3.05, 3.63) is 40.4 Å². The quantitative estimate of drug-likeness (QED) is 0.867. The van der Waals surface area contributed by atoms with E-state index in [9.17, 15) is 4.79 Å². The molecule has 0 spiro atoms. The second-order valence-corrected chi connectivity index (χ2v) is 6.97. The summed E-state index contributed by atoms with van der Waals surface area (Å²) in [7, 11) is 0. The Labute approximate surface area is 141 Å². The fourth-order valence-corrected chi connectivity index (χ4v) is 4.06. The van der Waals surface area contributed by atoms with Gasteiger partial charge in [0.05, 0.1) is 5.69 Å². The van der Waals surface area contributed by atoms with E-state index in [1.54, 1.807) is 0 Å². The normalized spacial score (nSPS) is 15.9. The van der Waals surface area contributed by atoms with Crippen molar-refractivity contribution in [3.8, 4) is 10.6 Å². The lowest BCUT2D eigenvalue weighted by atomic mass is 10.1. The molecule has 1 fully saturated rings. The maximum absolute atomic E-state index is 12.8. The highest BCUT2D eigenvalue weighted by Gasteiger charge is 2.25. The number of nitrogens with zero attached hydrogens (tertiary/aromatic N) is 3. The highest BCUT2D eigenvalue weighted by Crippen LogP contribution is 2.30. The van der Waals surface area contributed by atoms with Gasteiger partial charge in [0.1, 0.15) is 9.88 Å². The van der Waals surface area contributed by atoms with Gasteiger partial charge in [-0.25, -0.2) is 4.98 Å². The molecule has 1 aliphatic rings. The van der Waals surface area contributed by atoms with Crippen molar-refractivity contribution in [3.63, 3.8) is 0 Å². The van der Waals surface area contributed by atoms with Crippen molar-refractivity contribution in [2.24, 2.45) is 0 Å². The number of benzene rings is 1. The molecule has 1 aliphatic heterocycles. The van der Waals surface area contributed by atoms with Crippen LogP contribution in [0.5, 0.6) is 0 Å². The van der Waals surface area contributed by atoms with Crippen molar-refractivity contribution >= 4 is 17.2 Å². The smallest absolute Gasteiger partial charge is 0.265 e. The first-order valence-electron chi connectivity index (χ1n) is 8.15. The molecule has 122 valence electrons. The molecule has 0 radical (unpaired) electrons. The third kappa shape index (κ3) is 3.31. The molecule has 1 saturated heterocycles. The van der Waals surface area contributed by atoms with Crippen LogP contribution in [0.3, 0.4) is 0 Å². The number of amides is 1. The predicted octanol–water partition coefficient (Wildman–Crippen LogP) is 3.20. The van der Waals surface area contributed by atoms with Crippen LogP contribution in [-0.4, -0.2) is 53.4 Å². The largest absolute Gasteiger partial charge is 0.335 e. The van der Waals surface area contributed by atoms with E-state index in [1.165, 1.54) is 16.9 Å². The van der Waals surface area contributed by atoms with Crippen LogP contribution >= 0.6 is 11.3 Å². The van der Waals surface area contributed by atoms with Crippen LogP contribution in [-0.2, 0) is 0 Å². The van der Waals surface area contributed by atoms with Gasteiger partial charge in [0.2, 0.25) is 0 Å². The molecular formula is C18H23N3OS. The lowest BCUT2D eigenvalue weighted by Crippen LogP contribution is -2.48. The van der Waals surface area contributed by atoms with E-state index >= 15 is 0 Å². The number of hydrogen-bond acceptors (Lipinski definition) is 4.